The number of sulfonamides is 1. The van der Waals surface area contributed by atoms with E-state index >= 15 is 0 Å². The third kappa shape index (κ3) is 4.48. The average molecular weight is 290 g/mol. The summed E-state index contributed by atoms with van der Waals surface area (Å²) in [5, 5.41) is 8.81. The van der Waals surface area contributed by atoms with Gasteiger partial charge in [0.05, 0.1) is 17.4 Å². The monoisotopic (exact) mass is 290 g/mol. The predicted molar refractivity (Wildman–Crippen MR) is 78.3 cm³/mol. The van der Waals surface area contributed by atoms with E-state index in [0.29, 0.717) is 23.6 Å². The topological polar surface area (TPSA) is 70.0 Å². The van der Waals surface area contributed by atoms with Gasteiger partial charge in [-0.1, -0.05) is 24.3 Å². The van der Waals surface area contributed by atoms with Crippen LogP contribution in [0.15, 0.2) is 36.4 Å². The number of nitrogens with zero attached hydrogens (tertiary/aromatic N) is 1. The largest absolute Gasteiger partial charge is 0.215 e. The maximum absolute atomic E-state index is 12.0. The molecule has 1 N–H and O–H groups in total. The summed E-state index contributed by atoms with van der Waals surface area (Å²) in [7, 11) is -3.34. The molecule has 1 aliphatic carbocycles. The van der Waals surface area contributed by atoms with Gasteiger partial charge in [-0.2, -0.15) is 5.26 Å². The van der Waals surface area contributed by atoms with Gasteiger partial charge in [0.25, 0.3) is 0 Å². The standard InChI is InChI=1S/C15H18N2O2S/c16-10-14-7-4-8-15(9-14)12-20(18,19)17-11-13-5-2-1-3-6-13/h1-2,4,7-9,13,17H,3,5-6,11-12H2. The van der Waals surface area contributed by atoms with Gasteiger partial charge < -0.3 is 0 Å². The van der Waals surface area contributed by atoms with E-state index in [1.165, 1.54) is 0 Å². The zero-order valence-electron chi connectivity index (χ0n) is 11.2. The van der Waals surface area contributed by atoms with E-state index < -0.39 is 10.0 Å². The van der Waals surface area contributed by atoms with Crippen molar-refractivity contribution in [2.24, 2.45) is 5.92 Å². The Labute approximate surface area is 120 Å². The normalized spacial score (nSPS) is 18.6. The van der Waals surface area contributed by atoms with Crippen LogP contribution in [0.3, 0.4) is 0 Å². The average Bonchev–Trinajstić information content (AvgIpc) is 2.46. The summed E-state index contributed by atoms with van der Waals surface area (Å²) < 4.78 is 26.7. The first kappa shape index (κ1) is 14.8. The van der Waals surface area contributed by atoms with E-state index in [2.05, 4.69) is 16.9 Å². The van der Waals surface area contributed by atoms with Gasteiger partial charge in [0, 0.05) is 6.54 Å². The first-order chi connectivity index (χ1) is 9.59. The van der Waals surface area contributed by atoms with Crippen LogP contribution in [-0.2, 0) is 15.8 Å². The number of hydrogen-bond donors (Lipinski definition) is 1. The van der Waals surface area contributed by atoms with Crippen LogP contribution in [0, 0.1) is 17.2 Å². The molecule has 0 spiro atoms. The molecule has 0 aliphatic heterocycles. The summed E-state index contributed by atoms with van der Waals surface area (Å²) in [6.45, 7) is 0.491. The first-order valence-corrected chi connectivity index (χ1v) is 8.36. The molecule has 5 heteroatoms. The Morgan fingerprint density at radius 2 is 2.20 bits per heavy atom. The highest BCUT2D eigenvalue weighted by molar-refractivity contribution is 7.88. The summed E-state index contributed by atoms with van der Waals surface area (Å²) in [4.78, 5) is 0. The summed E-state index contributed by atoms with van der Waals surface area (Å²) in [5.41, 5.74) is 1.12. The second kappa shape index (κ2) is 6.69. The molecule has 0 saturated heterocycles. The van der Waals surface area contributed by atoms with Crippen LogP contribution in [0.2, 0.25) is 0 Å². The molecule has 2 rings (SSSR count). The van der Waals surface area contributed by atoms with Crippen molar-refractivity contribution in [3.63, 3.8) is 0 Å². The fraction of sp³-hybridized carbons (Fsp3) is 0.400. The SMILES string of the molecule is N#Cc1cccc(CS(=O)(=O)NCC2CC=CCC2)c1. The molecular formula is C15H18N2O2S. The molecule has 1 aliphatic rings. The zero-order chi connectivity index (χ0) is 14.4. The lowest BCUT2D eigenvalue weighted by atomic mass is 9.95. The maximum atomic E-state index is 12.0. The quantitative estimate of drug-likeness (QED) is 0.846. The van der Waals surface area contributed by atoms with Crippen molar-refractivity contribution < 1.29 is 8.42 Å². The number of rotatable bonds is 5. The van der Waals surface area contributed by atoms with Gasteiger partial charge in [0.15, 0.2) is 0 Å². The van der Waals surface area contributed by atoms with E-state index in [1.54, 1.807) is 24.3 Å². The molecular weight excluding hydrogens is 272 g/mol. The van der Waals surface area contributed by atoms with Crippen LogP contribution < -0.4 is 4.72 Å². The van der Waals surface area contributed by atoms with E-state index in [4.69, 9.17) is 5.26 Å². The Bertz CT molecular complexity index is 630. The third-order valence-corrected chi connectivity index (χ3v) is 4.70. The number of hydrogen-bond acceptors (Lipinski definition) is 3. The highest BCUT2D eigenvalue weighted by Gasteiger charge is 2.16. The smallest absolute Gasteiger partial charge is 0.215 e. The number of nitrogens with one attached hydrogen (secondary N) is 1. The summed E-state index contributed by atoms with van der Waals surface area (Å²) >= 11 is 0. The highest BCUT2D eigenvalue weighted by Crippen LogP contribution is 2.17. The van der Waals surface area contributed by atoms with Gasteiger partial charge in [-0.3, -0.25) is 0 Å². The molecule has 1 atom stereocenters. The van der Waals surface area contributed by atoms with E-state index in [9.17, 15) is 8.42 Å². The van der Waals surface area contributed by atoms with Gasteiger partial charge in [-0.05, 0) is 42.9 Å². The fourth-order valence-corrected chi connectivity index (χ4v) is 3.50. The van der Waals surface area contributed by atoms with Crippen molar-refractivity contribution in [3.8, 4) is 6.07 Å². The van der Waals surface area contributed by atoms with Crippen LogP contribution in [0.1, 0.15) is 30.4 Å². The van der Waals surface area contributed by atoms with Gasteiger partial charge in [0.2, 0.25) is 10.0 Å². The molecule has 0 fully saturated rings. The Morgan fingerprint density at radius 1 is 1.35 bits per heavy atom. The summed E-state index contributed by atoms with van der Waals surface area (Å²) in [6.07, 6.45) is 7.24. The van der Waals surface area contributed by atoms with Gasteiger partial charge in [-0.25, -0.2) is 13.1 Å². The minimum Gasteiger partial charge on any atom is -0.215 e. The molecule has 0 saturated carbocycles. The molecule has 1 aromatic carbocycles. The van der Waals surface area contributed by atoms with Gasteiger partial charge in [-0.15, -0.1) is 0 Å². The summed E-state index contributed by atoms with van der Waals surface area (Å²) in [5.74, 6) is 0.311. The van der Waals surface area contributed by atoms with Gasteiger partial charge >= 0.3 is 0 Å². The zero-order valence-corrected chi connectivity index (χ0v) is 12.1. The van der Waals surface area contributed by atoms with Crippen molar-refractivity contribution in [2.45, 2.75) is 25.0 Å². The van der Waals surface area contributed by atoms with Crippen LogP contribution in [0.25, 0.3) is 0 Å². The molecule has 0 heterocycles. The van der Waals surface area contributed by atoms with Crippen LogP contribution >= 0.6 is 0 Å². The Kier molecular flexibility index (Phi) is 4.94. The molecule has 106 valence electrons. The van der Waals surface area contributed by atoms with Crippen molar-refractivity contribution in [1.82, 2.24) is 4.72 Å². The lowest BCUT2D eigenvalue weighted by Gasteiger charge is -2.18. The maximum Gasteiger partial charge on any atom is 0.215 e. The van der Waals surface area contributed by atoms with E-state index in [0.717, 1.165) is 19.3 Å². The Hall–Kier alpha value is -1.64. The van der Waals surface area contributed by atoms with Crippen molar-refractivity contribution >= 4 is 10.0 Å². The molecule has 1 unspecified atom stereocenters. The van der Waals surface area contributed by atoms with Crippen molar-refractivity contribution in [1.29, 1.82) is 5.26 Å². The van der Waals surface area contributed by atoms with Crippen LogP contribution in [0.4, 0.5) is 0 Å². The molecule has 4 nitrogen and oxygen atoms in total. The molecule has 0 aromatic heterocycles. The Morgan fingerprint density at radius 3 is 2.90 bits per heavy atom. The highest BCUT2D eigenvalue weighted by atomic mass is 32.2. The second-order valence-electron chi connectivity index (χ2n) is 5.07. The number of nitriles is 1. The number of benzene rings is 1. The lowest BCUT2D eigenvalue weighted by Crippen LogP contribution is -2.30. The molecule has 20 heavy (non-hydrogen) atoms. The van der Waals surface area contributed by atoms with Crippen molar-refractivity contribution in [3.05, 3.63) is 47.5 Å². The van der Waals surface area contributed by atoms with E-state index in [1.807, 2.05) is 6.07 Å². The predicted octanol–water partition coefficient (Wildman–Crippen LogP) is 2.33. The molecule has 0 radical (unpaired) electrons. The van der Waals surface area contributed by atoms with Crippen LogP contribution in [-0.4, -0.2) is 15.0 Å². The minimum absolute atomic E-state index is 0.0783. The minimum atomic E-state index is -3.34. The van der Waals surface area contributed by atoms with Gasteiger partial charge in [0.1, 0.15) is 0 Å². The molecule has 0 bridgehead atoms. The van der Waals surface area contributed by atoms with Crippen LogP contribution in [0.5, 0.6) is 0 Å². The third-order valence-electron chi connectivity index (χ3n) is 3.38. The van der Waals surface area contributed by atoms with Crippen molar-refractivity contribution in [2.75, 3.05) is 6.54 Å². The lowest BCUT2D eigenvalue weighted by molar-refractivity contribution is 0.468. The molecule has 0 amide bonds. The fourth-order valence-electron chi connectivity index (χ4n) is 2.29. The van der Waals surface area contributed by atoms with E-state index in [-0.39, 0.29) is 5.75 Å². The molecule has 1 aromatic rings. The summed E-state index contributed by atoms with van der Waals surface area (Å²) in [6, 6.07) is 8.72. The second-order valence-corrected chi connectivity index (χ2v) is 6.88. The number of allylic oxidation sites excluding steroid dienone is 2. The first-order valence-electron chi connectivity index (χ1n) is 6.70. The Balaban J connectivity index is 1.93.